The van der Waals surface area contributed by atoms with E-state index in [0.717, 1.165) is 49.4 Å². The number of hydrogen-bond acceptors (Lipinski definition) is 4. The van der Waals surface area contributed by atoms with Crippen molar-refractivity contribution in [2.75, 3.05) is 37.7 Å². The van der Waals surface area contributed by atoms with Gasteiger partial charge in [-0.25, -0.2) is 0 Å². The summed E-state index contributed by atoms with van der Waals surface area (Å²) in [5, 5.41) is 7.13. The van der Waals surface area contributed by atoms with Crippen molar-refractivity contribution in [1.82, 2.24) is 15.0 Å². The molecule has 2 aromatic heterocycles. The van der Waals surface area contributed by atoms with Crippen molar-refractivity contribution in [3.8, 4) is 5.75 Å². The molecule has 0 saturated carbocycles. The first-order valence-corrected chi connectivity index (χ1v) is 10.3. The molecule has 1 fully saturated rings. The number of aromatic nitrogens is 1. The lowest BCUT2D eigenvalue weighted by atomic mass is 10.0. The molecule has 1 atom stereocenters. The zero-order valence-electron chi connectivity index (χ0n) is 16.0. The quantitative estimate of drug-likeness (QED) is 0.697. The molecule has 1 saturated heterocycles. The minimum Gasteiger partial charge on any atom is -0.491 e. The molecule has 29 heavy (non-hydrogen) atoms. The summed E-state index contributed by atoms with van der Waals surface area (Å²) in [6, 6.07) is 11.8. The number of hydrogen-bond donors (Lipinski definition) is 2. The van der Waals surface area contributed by atoms with Crippen molar-refractivity contribution in [3.63, 3.8) is 0 Å². The molecule has 2 N–H and O–H groups in total. The van der Waals surface area contributed by atoms with Crippen LogP contribution in [0.3, 0.4) is 0 Å². The number of rotatable bonds is 3. The van der Waals surface area contributed by atoms with Gasteiger partial charge in [0, 0.05) is 50.3 Å². The van der Waals surface area contributed by atoms with Gasteiger partial charge in [-0.05, 0) is 36.2 Å². The molecular formula is C22H23ClN4O2. The number of piperazine rings is 1. The van der Waals surface area contributed by atoms with Crippen LogP contribution in [0.2, 0.25) is 5.02 Å². The Bertz CT molecular complexity index is 1060. The van der Waals surface area contributed by atoms with Crippen molar-refractivity contribution in [2.45, 2.75) is 12.5 Å². The fraction of sp³-hybridized carbons (Fsp3) is 0.318. The van der Waals surface area contributed by atoms with Gasteiger partial charge in [0.15, 0.2) is 0 Å². The van der Waals surface area contributed by atoms with E-state index in [9.17, 15) is 4.79 Å². The van der Waals surface area contributed by atoms with E-state index in [1.165, 1.54) is 5.69 Å². The summed E-state index contributed by atoms with van der Waals surface area (Å²) in [5.41, 5.74) is 3.81. The summed E-state index contributed by atoms with van der Waals surface area (Å²) in [6.45, 7) is 4.50. The molecule has 3 aromatic rings. The summed E-state index contributed by atoms with van der Waals surface area (Å²) < 4.78 is 7.87. The van der Waals surface area contributed by atoms with Crippen LogP contribution in [-0.2, 0) is 6.42 Å². The first kappa shape index (κ1) is 18.3. The second-order valence-electron chi connectivity index (χ2n) is 7.58. The van der Waals surface area contributed by atoms with E-state index in [4.69, 9.17) is 16.3 Å². The average molecular weight is 411 g/mol. The highest BCUT2D eigenvalue weighted by Crippen LogP contribution is 2.30. The number of nitrogens with zero attached hydrogens (tertiary/aromatic N) is 2. The molecule has 0 spiro atoms. The van der Waals surface area contributed by atoms with Gasteiger partial charge in [-0.2, -0.15) is 0 Å². The summed E-state index contributed by atoms with van der Waals surface area (Å²) >= 11 is 6.03. The Kier molecular flexibility index (Phi) is 4.81. The molecule has 150 valence electrons. The molecule has 4 heterocycles. The van der Waals surface area contributed by atoms with Gasteiger partial charge in [-0.15, -0.1) is 0 Å². The zero-order chi connectivity index (χ0) is 19.8. The van der Waals surface area contributed by atoms with Gasteiger partial charge >= 0.3 is 0 Å². The van der Waals surface area contributed by atoms with Crippen LogP contribution >= 0.6 is 11.6 Å². The van der Waals surface area contributed by atoms with Crippen LogP contribution < -0.4 is 20.3 Å². The van der Waals surface area contributed by atoms with E-state index in [1.54, 1.807) is 12.3 Å². The van der Waals surface area contributed by atoms with Gasteiger partial charge < -0.3 is 24.7 Å². The predicted octanol–water partition coefficient (Wildman–Crippen LogP) is 2.74. The topological polar surface area (TPSA) is 58.0 Å². The Balaban J connectivity index is 1.28. The summed E-state index contributed by atoms with van der Waals surface area (Å²) in [5.74, 6) is 0.833. The number of nitrogens with one attached hydrogen (secondary N) is 2. The largest absolute Gasteiger partial charge is 0.491 e. The number of carbonyl (C=O) groups excluding carboxylic acids is 1. The van der Waals surface area contributed by atoms with Crippen LogP contribution in [0.15, 0.2) is 48.8 Å². The Labute approximate surface area is 174 Å². The van der Waals surface area contributed by atoms with Gasteiger partial charge in [0.05, 0.1) is 22.1 Å². The SMILES string of the molecule is O=C(N[C@H]1COc2cc(N3CCNCC3)ccc2C1)c1ccn2cc(Cl)ccc12. The summed E-state index contributed by atoms with van der Waals surface area (Å²) in [6.07, 6.45) is 4.41. The van der Waals surface area contributed by atoms with E-state index >= 15 is 0 Å². The van der Waals surface area contributed by atoms with Gasteiger partial charge in [-0.1, -0.05) is 17.7 Å². The predicted molar refractivity (Wildman–Crippen MR) is 114 cm³/mol. The van der Waals surface area contributed by atoms with E-state index in [-0.39, 0.29) is 11.9 Å². The monoisotopic (exact) mass is 410 g/mol. The van der Waals surface area contributed by atoms with Crippen LogP contribution in [0.4, 0.5) is 5.69 Å². The molecule has 0 aliphatic carbocycles. The van der Waals surface area contributed by atoms with Crippen molar-refractivity contribution < 1.29 is 9.53 Å². The first-order valence-electron chi connectivity index (χ1n) is 9.96. The third-order valence-electron chi connectivity index (χ3n) is 5.64. The number of benzene rings is 1. The smallest absolute Gasteiger partial charge is 0.253 e. The standard InChI is InChI=1S/C22H23ClN4O2/c23-16-2-4-20-19(5-8-27(20)13-16)22(28)25-17-11-15-1-3-18(12-21(15)29-14-17)26-9-6-24-7-10-26/h1-5,8,12-13,17,24H,6-7,9-11,14H2,(H,25,28)/t17-/m1/s1. The second-order valence-corrected chi connectivity index (χ2v) is 8.02. The third kappa shape index (κ3) is 3.66. The Hall–Kier alpha value is -2.70. The fourth-order valence-electron chi connectivity index (χ4n) is 4.11. The molecule has 1 aromatic carbocycles. The normalized spacial score (nSPS) is 18.9. The minimum atomic E-state index is -0.0932. The molecule has 2 aliphatic heterocycles. The van der Waals surface area contributed by atoms with Gasteiger partial charge in [0.25, 0.3) is 5.91 Å². The lowest BCUT2D eigenvalue weighted by Crippen LogP contribution is -2.44. The number of carbonyl (C=O) groups is 1. The van der Waals surface area contributed by atoms with E-state index in [2.05, 4.69) is 33.7 Å². The zero-order valence-corrected chi connectivity index (χ0v) is 16.8. The number of amides is 1. The molecule has 0 unspecified atom stereocenters. The number of fused-ring (bicyclic) bond motifs is 2. The highest BCUT2D eigenvalue weighted by atomic mass is 35.5. The molecule has 0 bridgehead atoms. The number of halogens is 1. The van der Waals surface area contributed by atoms with Crippen LogP contribution in [0, 0.1) is 0 Å². The lowest BCUT2D eigenvalue weighted by molar-refractivity contribution is 0.0917. The van der Waals surface area contributed by atoms with Crippen LogP contribution in [-0.4, -0.2) is 49.1 Å². The van der Waals surface area contributed by atoms with Crippen molar-refractivity contribution >= 4 is 28.7 Å². The summed E-state index contributed by atoms with van der Waals surface area (Å²) in [7, 11) is 0. The molecule has 1 amide bonds. The Morgan fingerprint density at radius 1 is 1.17 bits per heavy atom. The van der Waals surface area contributed by atoms with Crippen molar-refractivity contribution in [1.29, 1.82) is 0 Å². The van der Waals surface area contributed by atoms with Crippen LogP contribution in [0.5, 0.6) is 5.75 Å². The Morgan fingerprint density at radius 3 is 2.90 bits per heavy atom. The minimum absolute atomic E-state index is 0.0534. The average Bonchev–Trinajstić information content (AvgIpc) is 3.17. The van der Waals surface area contributed by atoms with Crippen LogP contribution in [0.1, 0.15) is 15.9 Å². The molecular weight excluding hydrogens is 388 g/mol. The fourth-order valence-corrected chi connectivity index (χ4v) is 4.28. The third-order valence-corrected chi connectivity index (χ3v) is 5.86. The number of pyridine rings is 1. The van der Waals surface area contributed by atoms with Crippen molar-refractivity contribution in [3.05, 3.63) is 64.9 Å². The highest BCUT2D eigenvalue weighted by Gasteiger charge is 2.24. The summed E-state index contributed by atoms with van der Waals surface area (Å²) in [4.78, 5) is 15.2. The molecule has 0 radical (unpaired) electrons. The maximum Gasteiger partial charge on any atom is 0.253 e. The van der Waals surface area contributed by atoms with Gasteiger partial charge in [0.2, 0.25) is 0 Å². The second kappa shape index (κ2) is 7.61. The van der Waals surface area contributed by atoms with E-state index in [0.29, 0.717) is 17.2 Å². The molecule has 7 heteroatoms. The maximum absolute atomic E-state index is 12.8. The highest BCUT2D eigenvalue weighted by molar-refractivity contribution is 6.30. The van der Waals surface area contributed by atoms with Gasteiger partial charge in [-0.3, -0.25) is 4.79 Å². The molecule has 2 aliphatic rings. The molecule has 6 nitrogen and oxygen atoms in total. The van der Waals surface area contributed by atoms with E-state index < -0.39 is 0 Å². The Morgan fingerprint density at radius 2 is 2.03 bits per heavy atom. The lowest BCUT2D eigenvalue weighted by Gasteiger charge is -2.31. The van der Waals surface area contributed by atoms with Crippen molar-refractivity contribution in [2.24, 2.45) is 0 Å². The molecule has 5 rings (SSSR count). The first-order chi connectivity index (χ1) is 14.2. The number of anilines is 1. The van der Waals surface area contributed by atoms with E-state index in [1.807, 2.05) is 22.7 Å². The number of ether oxygens (including phenoxy) is 1. The van der Waals surface area contributed by atoms with Gasteiger partial charge in [0.1, 0.15) is 12.4 Å². The maximum atomic E-state index is 12.8. The van der Waals surface area contributed by atoms with Crippen LogP contribution in [0.25, 0.3) is 5.52 Å².